The van der Waals surface area contributed by atoms with Gasteiger partial charge in [-0.1, -0.05) is 55.0 Å². The molecule has 8 nitrogen and oxygen atoms in total. The Balaban J connectivity index is 1.14. The third-order valence-corrected chi connectivity index (χ3v) is 7.37. The van der Waals surface area contributed by atoms with E-state index in [4.69, 9.17) is 9.47 Å². The van der Waals surface area contributed by atoms with Crippen LogP contribution >= 0.6 is 0 Å². The Labute approximate surface area is 204 Å². The number of amides is 2. The van der Waals surface area contributed by atoms with Crippen molar-refractivity contribution in [1.82, 2.24) is 10.6 Å². The molecule has 0 aromatic heterocycles. The summed E-state index contributed by atoms with van der Waals surface area (Å²) in [5.74, 6) is -1.52. The van der Waals surface area contributed by atoms with Gasteiger partial charge < -0.3 is 25.2 Å². The zero-order valence-electron chi connectivity index (χ0n) is 19.4. The Hall–Kier alpha value is -3.39. The highest BCUT2D eigenvalue weighted by Crippen LogP contribution is 2.44. The Kier molecular flexibility index (Phi) is 6.72. The molecule has 2 aromatic rings. The summed E-state index contributed by atoms with van der Waals surface area (Å²) in [5.41, 5.74) is 4.67. The second-order valence-electron chi connectivity index (χ2n) is 9.56. The van der Waals surface area contributed by atoms with Crippen molar-refractivity contribution in [2.75, 3.05) is 13.2 Å². The maximum absolute atomic E-state index is 12.8. The molecule has 3 N–H and O–H groups in total. The highest BCUT2D eigenvalue weighted by molar-refractivity contribution is 5.81. The maximum atomic E-state index is 12.8. The smallest absolute Gasteiger partial charge is 0.407 e. The fourth-order valence-electron chi connectivity index (χ4n) is 5.65. The zero-order chi connectivity index (χ0) is 24.4. The number of ether oxygens (including phenoxy) is 2. The number of hydrogen-bond donors (Lipinski definition) is 3. The molecule has 0 bridgehead atoms. The number of fused-ring (bicyclic) bond motifs is 3. The SMILES string of the molecule is O=C(N[C@@H]1CCC[C@@H](C(=O)NC2CCOC2C(=O)O)C1)OCC1c2ccccc2-c2ccccc21. The molecule has 1 heterocycles. The molecule has 0 spiro atoms. The van der Waals surface area contributed by atoms with Crippen LogP contribution in [0.4, 0.5) is 4.79 Å². The standard InChI is InChI=1S/C27H30N2O6/c30-25(29-23-12-13-34-24(23)26(31)32)16-6-5-7-17(14-16)28-27(33)35-15-22-20-10-3-1-8-18(20)19-9-2-4-11-21(19)22/h1-4,8-11,16-17,22-24H,5-7,12-15H2,(H,28,33)(H,29,30)(H,31,32)/t16-,17-,23?,24?/m1/s1. The summed E-state index contributed by atoms with van der Waals surface area (Å²) in [6.45, 7) is 0.563. The Morgan fingerprint density at radius 2 is 1.63 bits per heavy atom. The van der Waals surface area contributed by atoms with E-state index in [-0.39, 0.29) is 30.4 Å². The van der Waals surface area contributed by atoms with Crippen LogP contribution < -0.4 is 10.6 Å². The number of aliphatic carboxylic acids is 1. The molecular weight excluding hydrogens is 448 g/mol. The number of nitrogens with one attached hydrogen (secondary N) is 2. The predicted molar refractivity (Wildman–Crippen MR) is 128 cm³/mol. The molecule has 2 aliphatic carbocycles. The van der Waals surface area contributed by atoms with Gasteiger partial charge in [-0.25, -0.2) is 9.59 Å². The molecule has 2 amide bonds. The van der Waals surface area contributed by atoms with Crippen molar-refractivity contribution >= 4 is 18.0 Å². The molecule has 3 aliphatic rings. The molecule has 2 aromatic carbocycles. The molecule has 1 aliphatic heterocycles. The van der Waals surface area contributed by atoms with E-state index in [9.17, 15) is 19.5 Å². The van der Waals surface area contributed by atoms with Crippen molar-refractivity contribution in [1.29, 1.82) is 0 Å². The van der Waals surface area contributed by atoms with E-state index in [1.54, 1.807) is 0 Å². The van der Waals surface area contributed by atoms with Gasteiger partial charge in [0.1, 0.15) is 6.61 Å². The number of carbonyl (C=O) groups excluding carboxylic acids is 2. The van der Waals surface area contributed by atoms with Gasteiger partial charge in [0.15, 0.2) is 6.10 Å². The highest BCUT2D eigenvalue weighted by atomic mass is 16.5. The lowest BCUT2D eigenvalue weighted by Gasteiger charge is -2.30. The average molecular weight is 479 g/mol. The predicted octanol–water partition coefficient (Wildman–Crippen LogP) is 3.44. The summed E-state index contributed by atoms with van der Waals surface area (Å²) in [4.78, 5) is 36.7. The van der Waals surface area contributed by atoms with Crippen LogP contribution in [0.3, 0.4) is 0 Å². The molecule has 0 radical (unpaired) electrons. The first-order valence-electron chi connectivity index (χ1n) is 12.3. The number of hydrogen-bond acceptors (Lipinski definition) is 5. The Morgan fingerprint density at radius 3 is 2.31 bits per heavy atom. The van der Waals surface area contributed by atoms with Gasteiger partial charge in [-0.05, 0) is 47.9 Å². The summed E-state index contributed by atoms with van der Waals surface area (Å²) < 4.78 is 10.9. The van der Waals surface area contributed by atoms with E-state index in [2.05, 4.69) is 34.9 Å². The van der Waals surface area contributed by atoms with Gasteiger partial charge in [0.25, 0.3) is 0 Å². The maximum Gasteiger partial charge on any atom is 0.407 e. The summed E-state index contributed by atoms with van der Waals surface area (Å²) in [5, 5.41) is 15.0. The van der Waals surface area contributed by atoms with Crippen molar-refractivity contribution in [3.8, 4) is 11.1 Å². The summed E-state index contributed by atoms with van der Waals surface area (Å²) >= 11 is 0. The van der Waals surface area contributed by atoms with Crippen LogP contribution in [0, 0.1) is 5.92 Å². The average Bonchev–Trinajstić information content (AvgIpc) is 3.45. The number of carboxylic acid groups (broad SMARTS) is 1. The quantitative estimate of drug-likeness (QED) is 0.586. The second kappa shape index (κ2) is 10.1. The minimum absolute atomic E-state index is 0.00570. The Bertz CT molecular complexity index is 1070. The molecule has 35 heavy (non-hydrogen) atoms. The summed E-state index contributed by atoms with van der Waals surface area (Å²) in [6, 6.07) is 15.7. The van der Waals surface area contributed by atoms with E-state index in [0.29, 0.717) is 25.9 Å². The molecule has 1 saturated heterocycles. The molecular formula is C27H30N2O6. The number of alkyl carbamates (subject to hydrolysis) is 1. The monoisotopic (exact) mass is 478 g/mol. The van der Waals surface area contributed by atoms with Gasteiger partial charge in [-0.3, -0.25) is 4.79 Å². The van der Waals surface area contributed by atoms with Crippen molar-refractivity contribution < 1.29 is 29.0 Å². The van der Waals surface area contributed by atoms with E-state index in [1.807, 2.05) is 24.3 Å². The zero-order valence-corrected chi connectivity index (χ0v) is 19.4. The fourth-order valence-corrected chi connectivity index (χ4v) is 5.65. The molecule has 2 unspecified atom stereocenters. The highest BCUT2D eigenvalue weighted by Gasteiger charge is 2.37. The van der Waals surface area contributed by atoms with Crippen molar-refractivity contribution in [2.45, 2.75) is 56.2 Å². The van der Waals surface area contributed by atoms with Crippen molar-refractivity contribution in [3.05, 3.63) is 59.7 Å². The normalized spacial score (nSPS) is 25.4. The van der Waals surface area contributed by atoms with Gasteiger partial charge in [-0.15, -0.1) is 0 Å². The van der Waals surface area contributed by atoms with Crippen molar-refractivity contribution in [2.24, 2.45) is 5.92 Å². The van der Waals surface area contributed by atoms with Crippen LogP contribution in [0.5, 0.6) is 0 Å². The van der Waals surface area contributed by atoms with Gasteiger partial charge in [0.05, 0.1) is 6.04 Å². The van der Waals surface area contributed by atoms with Crippen molar-refractivity contribution in [3.63, 3.8) is 0 Å². The van der Waals surface area contributed by atoms with E-state index >= 15 is 0 Å². The molecule has 8 heteroatoms. The van der Waals surface area contributed by atoms with Crippen LogP contribution in [0.2, 0.25) is 0 Å². The van der Waals surface area contributed by atoms with Crippen LogP contribution in [0.15, 0.2) is 48.5 Å². The fraction of sp³-hybridized carbons (Fsp3) is 0.444. The van der Waals surface area contributed by atoms with Crippen LogP contribution in [-0.2, 0) is 19.1 Å². The minimum Gasteiger partial charge on any atom is -0.479 e. The van der Waals surface area contributed by atoms with Crippen LogP contribution in [-0.4, -0.2) is 54.5 Å². The third-order valence-electron chi connectivity index (χ3n) is 7.37. The van der Waals surface area contributed by atoms with Gasteiger partial charge in [0.2, 0.25) is 5.91 Å². The molecule has 5 rings (SSSR count). The number of carbonyl (C=O) groups is 3. The van der Waals surface area contributed by atoms with E-state index < -0.39 is 24.2 Å². The summed E-state index contributed by atoms with van der Waals surface area (Å²) in [7, 11) is 0. The van der Waals surface area contributed by atoms with Crippen LogP contribution in [0.25, 0.3) is 11.1 Å². The van der Waals surface area contributed by atoms with E-state index in [1.165, 1.54) is 11.1 Å². The molecule has 4 atom stereocenters. The largest absolute Gasteiger partial charge is 0.479 e. The molecule has 1 saturated carbocycles. The lowest BCUT2D eigenvalue weighted by atomic mass is 9.85. The molecule has 2 fully saturated rings. The topological polar surface area (TPSA) is 114 Å². The van der Waals surface area contributed by atoms with Gasteiger partial charge >= 0.3 is 12.1 Å². The van der Waals surface area contributed by atoms with Gasteiger partial charge in [-0.2, -0.15) is 0 Å². The number of carboxylic acids is 1. The van der Waals surface area contributed by atoms with Gasteiger partial charge in [0, 0.05) is 24.5 Å². The first-order valence-corrected chi connectivity index (χ1v) is 12.3. The number of benzene rings is 2. The first kappa shape index (κ1) is 23.4. The first-order chi connectivity index (χ1) is 17.0. The van der Waals surface area contributed by atoms with E-state index in [0.717, 1.165) is 24.0 Å². The Morgan fingerprint density at radius 1 is 0.943 bits per heavy atom. The lowest BCUT2D eigenvalue weighted by molar-refractivity contribution is -0.148. The lowest BCUT2D eigenvalue weighted by Crippen LogP contribution is -2.48. The third kappa shape index (κ3) is 4.89. The summed E-state index contributed by atoms with van der Waals surface area (Å²) in [6.07, 6.45) is 1.79. The number of rotatable bonds is 6. The van der Waals surface area contributed by atoms with Crippen LogP contribution in [0.1, 0.15) is 49.1 Å². The molecule has 184 valence electrons. The minimum atomic E-state index is -1.06. The second-order valence-corrected chi connectivity index (χ2v) is 9.56.